The third-order valence-electron chi connectivity index (χ3n) is 5.64. The van der Waals surface area contributed by atoms with Crippen LogP contribution in [0.25, 0.3) is 0 Å². The normalized spacial score (nSPS) is 32.2. The summed E-state index contributed by atoms with van der Waals surface area (Å²) < 4.78 is 5.96. The van der Waals surface area contributed by atoms with Crippen molar-refractivity contribution in [3.05, 3.63) is 5.82 Å². The van der Waals surface area contributed by atoms with Crippen LogP contribution in [-0.2, 0) is 10.2 Å². The molecule has 3 aliphatic rings. The zero-order chi connectivity index (χ0) is 15.5. The smallest absolute Gasteiger partial charge is 0.228 e. The van der Waals surface area contributed by atoms with Gasteiger partial charge < -0.3 is 15.8 Å². The van der Waals surface area contributed by atoms with E-state index in [1.807, 2.05) is 0 Å². The summed E-state index contributed by atoms with van der Waals surface area (Å²) in [5.74, 6) is 2.25. The lowest BCUT2D eigenvalue weighted by molar-refractivity contribution is -0.158. The van der Waals surface area contributed by atoms with Crippen molar-refractivity contribution in [1.29, 1.82) is 0 Å². The summed E-state index contributed by atoms with van der Waals surface area (Å²) in [5.41, 5.74) is 6.06. The topological polar surface area (TPSA) is 86.0 Å². The van der Waals surface area contributed by atoms with Crippen molar-refractivity contribution < 1.29 is 4.74 Å². The highest BCUT2D eigenvalue weighted by Crippen LogP contribution is 2.63. The van der Waals surface area contributed by atoms with Crippen molar-refractivity contribution in [2.24, 2.45) is 11.3 Å². The summed E-state index contributed by atoms with van der Waals surface area (Å²) >= 11 is 0. The number of aromatic nitrogens is 3. The molecule has 120 valence electrons. The highest BCUT2D eigenvalue weighted by atomic mass is 16.5. The molecule has 22 heavy (non-hydrogen) atoms. The lowest BCUT2D eigenvalue weighted by Crippen LogP contribution is -2.69. The van der Waals surface area contributed by atoms with Gasteiger partial charge in [-0.1, -0.05) is 27.2 Å². The second-order valence-electron chi connectivity index (χ2n) is 8.04. The number of fused-ring (bicyclic) bond motifs is 2. The van der Waals surface area contributed by atoms with Gasteiger partial charge in [0.15, 0.2) is 0 Å². The molecule has 1 aromatic rings. The molecule has 1 aliphatic heterocycles. The Labute approximate surface area is 131 Å². The van der Waals surface area contributed by atoms with E-state index in [1.54, 1.807) is 0 Å². The van der Waals surface area contributed by atoms with Gasteiger partial charge in [-0.2, -0.15) is 15.0 Å². The predicted molar refractivity (Wildman–Crippen MR) is 84.5 cm³/mol. The largest absolute Gasteiger partial charge is 0.377 e. The van der Waals surface area contributed by atoms with E-state index in [0.29, 0.717) is 35.4 Å². The highest BCUT2D eigenvalue weighted by molar-refractivity contribution is 5.38. The van der Waals surface area contributed by atoms with E-state index in [2.05, 4.69) is 41.0 Å². The summed E-state index contributed by atoms with van der Waals surface area (Å²) in [5, 5.41) is 3.57. The molecule has 0 aromatic carbocycles. The van der Waals surface area contributed by atoms with E-state index < -0.39 is 0 Å². The van der Waals surface area contributed by atoms with Crippen molar-refractivity contribution in [2.75, 3.05) is 17.7 Å². The van der Waals surface area contributed by atoms with Gasteiger partial charge in [0, 0.05) is 29.4 Å². The van der Waals surface area contributed by atoms with E-state index in [-0.39, 0.29) is 5.41 Å². The Morgan fingerprint density at radius 1 is 1.23 bits per heavy atom. The van der Waals surface area contributed by atoms with Crippen LogP contribution in [0.4, 0.5) is 11.9 Å². The van der Waals surface area contributed by atoms with Crippen LogP contribution in [0, 0.1) is 11.3 Å². The molecule has 6 nitrogen and oxygen atoms in total. The Bertz CT molecular complexity index is 593. The number of nitrogen functional groups attached to an aromatic ring is 1. The summed E-state index contributed by atoms with van der Waals surface area (Å²) in [6.45, 7) is 7.15. The minimum atomic E-state index is -0.139. The molecule has 1 spiro atoms. The molecule has 2 saturated carbocycles. The van der Waals surface area contributed by atoms with Gasteiger partial charge >= 0.3 is 0 Å². The molecule has 3 fully saturated rings. The summed E-state index contributed by atoms with van der Waals surface area (Å²) in [7, 11) is 0. The molecule has 6 heteroatoms. The first-order valence-corrected chi connectivity index (χ1v) is 8.30. The summed E-state index contributed by atoms with van der Waals surface area (Å²) in [4.78, 5) is 13.2. The maximum absolute atomic E-state index is 5.96. The molecule has 0 bridgehead atoms. The van der Waals surface area contributed by atoms with Gasteiger partial charge in [0.05, 0.1) is 6.10 Å². The fraction of sp³-hybridized carbons (Fsp3) is 0.812. The molecule has 1 aromatic heterocycles. The first-order chi connectivity index (χ1) is 10.4. The number of nitrogens with one attached hydrogen (secondary N) is 1. The lowest BCUT2D eigenvalue weighted by atomic mass is 9.46. The van der Waals surface area contributed by atoms with Gasteiger partial charge in [-0.25, -0.2) is 0 Å². The number of anilines is 2. The predicted octanol–water partition coefficient (Wildman–Crippen LogP) is 2.12. The number of rotatable bonds is 2. The first kappa shape index (κ1) is 14.2. The molecule has 2 heterocycles. The Morgan fingerprint density at radius 3 is 2.64 bits per heavy atom. The van der Waals surface area contributed by atoms with Gasteiger partial charge in [-0.05, 0) is 19.3 Å². The van der Waals surface area contributed by atoms with Crippen LogP contribution in [-0.4, -0.2) is 33.7 Å². The monoisotopic (exact) mass is 303 g/mol. The van der Waals surface area contributed by atoms with Gasteiger partial charge in [-0.15, -0.1) is 0 Å². The van der Waals surface area contributed by atoms with Crippen LogP contribution >= 0.6 is 0 Å². The quantitative estimate of drug-likeness (QED) is 0.870. The maximum atomic E-state index is 5.96. The minimum Gasteiger partial charge on any atom is -0.377 e. The molecule has 0 radical (unpaired) electrons. The Hall–Kier alpha value is -1.43. The number of hydrogen-bond donors (Lipinski definition) is 2. The van der Waals surface area contributed by atoms with E-state index in [0.717, 1.165) is 18.9 Å². The van der Waals surface area contributed by atoms with E-state index >= 15 is 0 Å². The standard InChI is InChI=1S/C16H25N5O/c1-15(2,3)12-19-13(17)21-14(20-12)18-10-9-5-8-22-11(9)16(10)6-4-7-16/h9-11H,4-8H2,1-3H3,(H3,17,18,19,20,21)/t9-,10-,11-/m1/s1. The fourth-order valence-electron chi connectivity index (χ4n) is 4.39. The number of hydrogen-bond acceptors (Lipinski definition) is 6. The lowest BCUT2D eigenvalue weighted by Gasteiger charge is -2.63. The number of ether oxygens (including phenoxy) is 1. The van der Waals surface area contributed by atoms with Crippen molar-refractivity contribution in [1.82, 2.24) is 15.0 Å². The van der Waals surface area contributed by atoms with Crippen molar-refractivity contribution in [2.45, 2.75) is 64.0 Å². The molecular weight excluding hydrogens is 278 g/mol. The molecule has 1 saturated heterocycles. The molecule has 2 aliphatic carbocycles. The second kappa shape index (κ2) is 4.54. The molecule has 3 N–H and O–H groups in total. The molecule has 3 atom stereocenters. The van der Waals surface area contributed by atoms with Crippen LogP contribution in [0.5, 0.6) is 0 Å². The second-order valence-corrected chi connectivity index (χ2v) is 8.04. The number of nitrogens with zero attached hydrogens (tertiary/aromatic N) is 3. The average molecular weight is 303 g/mol. The third kappa shape index (κ3) is 1.93. The molecular formula is C16H25N5O. The summed E-state index contributed by atoms with van der Waals surface area (Å²) in [6.07, 6.45) is 5.38. The summed E-state index contributed by atoms with van der Waals surface area (Å²) in [6, 6.07) is 0.420. The first-order valence-electron chi connectivity index (χ1n) is 8.30. The van der Waals surface area contributed by atoms with Crippen molar-refractivity contribution in [3.63, 3.8) is 0 Å². The molecule has 0 amide bonds. The maximum Gasteiger partial charge on any atom is 0.228 e. The molecule has 0 unspecified atom stereocenters. The zero-order valence-electron chi connectivity index (χ0n) is 13.6. The van der Waals surface area contributed by atoms with Gasteiger partial charge in [0.25, 0.3) is 0 Å². The number of nitrogens with two attached hydrogens (primary N) is 1. The van der Waals surface area contributed by atoms with E-state index in [9.17, 15) is 0 Å². The Balaban J connectivity index is 1.60. The van der Waals surface area contributed by atoms with Gasteiger partial charge in [-0.3, -0.25) is 0 Å². The zero-order valence-corrected chi connectivity index (χ0v) is 13.6. The van der Waals surface area contributed by atoms with Crippen LogP contribution in [0.2, 0.25) is 0 Å². The minimum absolute atomic E-state index is 0.139. The van der Waals surface area contributed by atoms with E-state index in [1.165, 1.54) is 19.3 Å². The van der Waals surface area contributed by atoms with Crippen LogP contribution in [0.15, 0.2) is 0 Å². The van der Waals surface area contributed by atoms with Crippen molar-refractivity contribution >= 4 is 11.9 Å². The molecule has 4 rings (SSSR count). The fourth-order valence-corrected chi connectivity index (χ4v) is 4.39. The van der Waals surface area contributed by atoms with Crippen LogP contribution in [0.3, 0.4) is 0 Å². The van der Waals surface area contributed by atoms with Crippen LogP contribution < -0.4 is 11.1 Å². The third-order valence-corrected chi connectivity index (χ3v) is 5.64. The highest BCUT2D eigenvalue weighted by Gasteiger charge is 2.66. The van der Waals surface area contributed by atoms with Gasteiger partial charge in [0.2, 0.25) is 11.9 Å². The van der Waals surface area contributed by atoms with Gasteiger partial charge in [0.1, 0.15) is 5.82 Å². The average Bonchev–Trinajstić information content (AvgIpc) is 2.78. The Kier molecular flexibility index (Phi) is 2.92. The van der Waals surface area contributed by atoms with Crippen molar-refractivity contribution in [3.8, 4) is 0 Å². The van der Waals surface area contributed by atoms with Crippen LogP contribution in [0.1, 0.15) is 52.3 Å². The SMILES string of the molecule is CC(C)(C)c1nc(N)nc(N[C@@H]2[C@H]3CCO[C@H]3C23CCC3)n1. The Morgan fingerprint density at radius 2 is 2.00 bits per heavy atom. The van der Waals surface area contributed by atoms with E-state index in [4.69, 9.17) is 10.5 Å².